The number of hydrogen-bond acceptors (Lipinski definition) is 2. The third-order valence-electron chi connectivity index (χ3n) is 4.43. The van der Waals surface area contributed by atoms with Gasteiger partial charge in [0.1, 0.15) is 0 Å². The van der Waals surface area contributed by atoms with Gasteiger partial charge in [-0.2, -0.15) is 0 Å². The fourth-order valence-electron chi connectivity index (χ4n) is 2.33. The first kappa shape index (κ1) is 15.3. The first-order valence-electron chi connectivity index (χ1n) is 7.37. The molecule has 2 rings (SSSR count). The summed E-state index contributed by atoms with van der Waals surface area (Å²) in [6.45, 7) is 8.49. The summed E-state index contributed by atoms with van der Waals surface area (Å²) in [5.74, 6) is 0.0284. The number of anilines is 1. The van der Waals surface area contributed by atoms with Crippen molar-refractivity contribution in [3.63, 3.8) is 0 Å². The van der Waals surface area contributed by atoms with E-state index in [1.165, 1.54) is 5.56 Å². The molecule has 0 aliphatic rings. The SMILES string of the molecule is CCC(C)(C)c1ccc(C(=O)c2cccc(N)c2C)cc1. The van der Waals surface area contributed by atoms with Gasteiger partial charge in [0.05, 0.1) is 0 Å². The summed E-state index contributed by atoms with van der Waals surface area (Å²) in [4.78, 5) is 12.6. The number of carbonyl (C=O) groups excluding carboxylic acids is 1. The molecule has 0 unspecified atom stereocenters. The molecule has 2 N–H and O–H groups in total. The highest BCUT2D eigenvalue weighted by molar-refractivity contribution is 6.10. The maximum atomic E-state index is 12.6. The fraction of sp³-hybridized carbons (Fsp3) is 0.316. The molecule has 0 fully saturated rings. The number of carbonyl (C=O) groups is 1. The lowest BCUT2D eigenvalue weighted by molar-refractivity contribution is 0.103. The van der Waals surface area contributed by atoms with Crippen LogP contribution in [0.5, 0.6) is 0 Å². The number of benzene rings is 2. The van der Waals surface area contributed by atoms with Crippen molar-refractivity contribution >= 4 is 11.5 Å². The third-order valence-corrected chi connectivity index (χ3v) is 4.43. The molecule has 0 saturated heterocycles. The smallest absolute Gasteiger partial charge is 0.193 e. The largest absolute Gasteiger partial charge is 0.398 e. The van der Waals surface area contributed by atoms with Crippen molar-refractivity contribution in [3.05, 3.63) is 64.7 Å². The molecule has 2 aromatic carbocycles. The molecule has 0 aromatic heterocycles. The Balaban J connectivity index is 2.35. The molecule has 0 heterocycles. The van der Waals surface area contributed by atoms with Crippen molar-refractivity contribution in [2.75, 3.05) is 5.73 Å². The predicted molar refractivity (Wildman–Crippen MR) is 88.8 cm³/mol. The van der Waals surface area contributed by atoms with E-state index in [2.05, 4.69) is 32.9 Å². The highest BCUT2D eigenvalue weighted by atomic mass is 16.1. The topological polar surface area (TPSA) is 43.1 Å². The number of rotatable bonds is 4. The molecule has 0 radical (unpaired) electrons. The van der Waals surface area contributed by atoms with Gasteiger partial charge in [0.25, 0.3) is 0 Å². The highest BCUT2D eigenvalue weighted by Gasteiger charge is 2.19. The van der Waals surface area contributed by atoms with Crippen molar-refractivity contribution < 1.29 is 4.79 Å². The Bertz CT molecular complexity index is 654. The Hall–Kier alpha value is -2.09. The molecule has 0 aliphatic carbocycles. The van der Waals surface area contributed by atoms with Crippen LogP contribution in [0.2, 0.25) is 0 Å². The predicted octanol–water partition coefficient (Wildman–Crippen LogP) is 4.50. The zero-order chi connectivity index (χ0) is 15.6. The van der Waals surface area contributed by atoms with Gasteiger partial charge in [-0.25, -0.2) is 0 Å². The zero-order valence-corrected chi connectivity index (χ0v) is 13.2. The van der Waals surface area contributed by atoms with Crippen molar-refractivity contribution in [2.24, 2.45) is 0 Å². The normalized spacial score (nSPS) is 11.4. The second-order valence-corrected chi connectivity index (χ2v) is 6.16. The second-order valence-electron chi connectivity index (χ2n) is 6.16. The Morgan fingerprint density at radius 1 is 1.10 bits per heavy atom. The van der Waals surface area contributed by atoms with Crippen LogP contribution in [0.4, 0.5) is 5.69 Å². The van der Waals surface area contributed by atoms with E-state index in [4.69, 9.17) is 5.73 Å². The minimum Gasteiger partial charge on any atom is -0.398 e. The minimum atomic E-state index is 0.0284. The number of ketones is 1. The van der Waals surface area contributed by atoms with E-state index >= 15 is 0 Å². The zero-order valence-electron chi connectivity index (χ0n) is 13.2. The quantitative estimate of drug-likeness (QED) is 0.662. The van der Waals surface area contributed by atoms with Crippen LogP contribution < -0.4 is 5.73 Å². The van der Waals surface area contributed by atoms with Crippen LogP contribution in [-0.2, 0) is 5.41 Å². The van der Waals surface area contributed by atoms with E-state index in [9.17, 15) is 4.79 Å². The average molecular weight is 281 g/mol. The summed E-state index contributed by atoms with van der Waals surface area (Å²) < 4.78 is 0. The van der Waals surface area contributed by atoms with E-state index in [0.717, 1.165) is 12.0 Å². The standard InChI is InChI=1S/C19H23NO/c1-5-19(3,4)15-11-9-14(10-12-15)18(21)16-7-6-8-17(20)13(16)2/h6-12H,5,20H2,1-4H3. The van der Waals surface area contributed by atoms with Crippen molar-refractivity contribution in [2.45, 2.75) is 39.5 Å². The summed E-state index contributed by atoms with van der Waals surface area (Å²) in [6, 6.07) is 13.4. The van der Waals surface area contributed by atoms with Gasteiger partial charge in [-0.1, -0.05) is 57.2 Å². The molecule has 21 heavy (non-hydrogen) atoms. The summed E-state index contributed by atoms with van der Waals surface area (Å²) >= 11 is 0. The van der Waals surface area contributed by atoms with Gasteiger partial charge in [0.15, 0.2) is 5.78 Å². The maximum absolute atomic E-state index is 12.6. The Morgan fingerprint density at radius 2 is 1.71 bits per heavy atom. The summed E-state index contributed by atoms with van der Waals surface area (Å²) in [5, 5.41) is 0. The lowest BCUT2D eigenvalue weighted by Crippen LogP contribution is -2.15. The van der Waals surface area contributed by atoms with Crippen LogP contribution in [0.3, 0.4) is 0 Å². The first-order valence-corrected chi connectivity index (χ1v) is 7.37. The molecule has 0 bridgehead atoms. The maximum Gasteiger partial charge on any atom is 0.193 e. The lowest BCUT2D eigenvalue weighted by atomic mass is 9.82. The van der Waals surface area contributed by atoms with Gasteiger partial charge in [-0.3, -0.25) is 4.79 Å². The molecular weight excluding hydrogens is 258 g/mol. The third kappa shape index (κ3) is 2.99. The van der Waals surface area contributed by atoms with Crippen LogP contribution in [-0.4, -0.2) is 5.78 Å². The van der Waals surface area contributed by atoms with Gasteiger partial charge in [0.2, 0.25) is 0 Å². The lowest BCUT2D eigenvalue weighted by Gasteiger charge is -2.23. The molecule has 0 amide bonds. The van der Waals surface area contributed by atoms with Crippen LogP contribution in [0.25, 0.3) is 0 Å². The number of hydrogen-bond donors (Lipinski definition) is 1. The van der Waals surface area contributed by atoms with Crippen LogP contribution >= 0.6 is 0 Å². The van der Waals surface area contributed by atoms with E-state index in [0.29, 0.717) is 16.8 Å². The van der Waals surface area contributed by atoms with Crippen molar-refractivity contribution in [3.8, 4) is 0 Å². The Labute approximate surface area is 127 Å². The number of nitrogens with two attached hydrogens (primary N) is 1. The van der Waals surface area contributed by atoms with E-state index in [-0.39, 0.29) is 11.2 Å². The summed E-state index contributed by atoms with van der Waals surface area (Å²) in [6.07, 6.45) is 1.06. The second kappa shape index (κ2) is 5.72. The summed E-state index contributed by atoms with van der Waals surface area (Å²) in [7, 11) is 0. The van der Waals surface area contributed by atoms with E-state index in [1.807, 2.05) is 37.3 Å². The number of nitrogen functional groups attached to an aromatic ring is 1. The van der Waals surface area contributed by atoms with Crippen LogP contribution in [0, 0.1) is 6.92 Å². The van der Waals surface area contributed by atoms with E-state index < -0.39 is 0 Å². The molecule has 0 aliphatic heterocycles. The molecule has 0 atom stereocenters. The van der Waals surface area contributed by atoms with Gasteiger partial charge < -0.3 is 5.73 Å². The van der Waals surface area contributed by atoms with Crippen LogP contribution in [0.1, 0.15) is 54.2 Å². The molecule has 2 aromatic rings. The highest BCUT2D eigenvalue weighted by Crippen LogP contribution is 2.27. The molecular formula is C19H23NO. The van der Waals surface area contributed by atoms with Gasteiger partial charge in [-0.05, 0) is 36.0 Å². The van der Waals surface area contributed by atoms with Crippen LogP contribution in [0.15, 0.2) is 42.5 Å². The molecule has 2 nitrogen and oxygen atoms in total. The van der Waals surface area contributed by atoms with Gasteiger partial charge in [-0.15, -0.1) is 0 Å². The Kier molecular flexibility index (Phi) is 4.17. The van der Waals surface area contributed by atoms with Gasteiger partial charge in [0, 0.05) is 16.8 Å². The van der Waals surface area contributed by atoms with Crippen molar-refractivity contribution in [1.82, 2.24) is 0 Å². The first-order chi connectivity index (χ1) is 9.86. The molecule has 0 spiro atoms. The average Bonchev–Trinajstić information content (AvgIpc) is 2.49. The molecule has 0 saturated carbocycles. The summed E-state index contributed by atoms with van der Waals surface area (Å²) in [5.41, 5.74) is 10.2. The van der Waals surface area contributed by atoms with E-state index in [1.54, 1.807) is 0 Å². The monoisotopic (exact) mass is 281 g/mol. The molecule has 2 heteroatoms. The van der Waals surface area contributed by atoms with Crippen molar-refractivity contribution in [1.29, 1.82) is 0 Å². The van der Waals surface area contributed by atoms with Gasteiger partial charge >= 0.3 is 0 Å². The fourth-order valence-corrected chi connectivity index (χ4v) is 2.33. The Morgan fingerprint density at radius 3 is 2.29 bits per heavy atom. The minimum absolute atomic E-state index is 0.0284. The molecule has 110 valence electrons.